The summed E-state index contributed by atoms with van der Waals surface area (Å²) in [6.45, 7) is 6.02. The van der Waals surface area contributed by atoms with Crippen molar-refractivity contribution in [2.45, 2.75) is 20.8 Å². The third-order valence-corrected chi connectivity index (χ3v) is 4.66. The van der Waals surface area contributed by atoms with Crippen molar-refractivity contribution in [3.8, 4) is 11.5 Å². The van der Waals surface area contributed by atoms with Crippen LogP contribution in [0.15, 0.2) is 60.7 Å². The van der Waals surface area contributed by atoms with E-state index in [0.29, 0.717) is 11.3 Å². The van der Waals surface area contributed by atoms with E-state index in [1.165, 1.54) is 5.56 Å². The molecule has 1 atom stereocenters. The minimum absolute atomic E-state index is 0. The van der Waals surface area contributed by atoms with Crippen LogP contribution in [0.25, 0.3) is 0 Å². The van der Waals surface area contributed by atoms with Crippen LogP contribution in [0.1, 0.15) is 32.6 Å². The molecule has 0 fully saturated rings. The molecule has 3 aromatic rings. The van der Waals surface area contributed by atoms with Crippen LogP contribution >= 0.6 is 9.24 Å². The number of ether oxygens (including phenoxy) is 1. The first-order valence-corrected chi connectivity index (χ1v) is 8.78. The van der Waals surface area contributed by atoms with Gasteiger partial charge < -0.3 is 4.74 Å². The Bertz CT molecular complexity index is 913. The number of benzene rings is 3. The van der Waals surface area contributed by atoms with Crippen molar-refractivity contribution in [2.24, 2.45) is 0 Å². The molecule has 0 saturated carbocycles. The van der Waals surface area contributed by atoms with E-state index in [-0.39, 0.29) is 24.6 Å². The van der Waals surface area contributed by atoms with E-state index in [4.69, 9.17) is 4.74 Å². The Kier molecular flexibility index (Phi) is 6.85. The number of carbonyl (C=O) groups excluding carboxylic acids is 1. The molecule has 0 aromatic heterocycles. The summed E-state index contributed by atoms with van der Waals surface area (Å²) in [5, 5.41) is 0.866. The fourth-order valence-corrected chi connectivity index (χ4v) is 3.40. The average molecular weight is 356 g/mol. The fraction of sp³-hybridized carbons (Fsp3) is 0.136. The van der Waals surface area contributed by atoms with Gasteiger partial charge in [-0.1, -0.05) is 42.0 Å². The second-order valence-corrected chi connectivity index (χ2v) is 6.89. The minimum atomic E-state index is 0. The van der Waals surface area contributed by atoms with Crippen molar-refractivity contribution in [1.29, 1.82) is 0 Å². The first-order chi connectivity index (χ1) is 12.0. The van der Waals surface area contributed by atoms with Crippen LogP contribution in [-0.2, 0) is 0 Å². The molecule has 0 spiro atoms. The zero-order valence-electron chi connectivity index (χ0n) is 14.7. The summed E-state index contributed by atoms with van der Waals surface area (Å²) in [6.07, 6.45) is 0. The molecule has 26 heavy (non-hydrogen) atoms. The van der Waals surface area contributed by atoms with Crippen LogP contribution in [0.2, 0.25) is 0 Å². The fourth-order valence-electron chi connectivity index (χ4n) is 3.09. The van der Waals surface area contributed by atoms with E-state index in [1.54, 1.807) is 0 Å². The quantitative estimate of drug-likeness (QED) is 0.391. The summed E-state index contributed by atoms with van der Waals surface area (Å²) in [6, 6.07) is 19.3. The molecule has 0 aliphatic heterocycles. The number of para-hydroxylation sites is 1. The molecule has 0 radical (unpaired) electrons. The molecular weight excluding hydrogens is 334 g/mol. The van der Waals surface area contributed by atoms with Gasteiger partial charge in [0.1, 0.15) is 11.5 Å². The molecule has 0 aliphatic rings. The zero-order valence-corrected chi connectivity index (χ0v) is 15.8. The number of hydrogen-bond acceptors (Lipinski definition) is 2. The van der Waals surface area contributed by atoms with E-state index >= 15 is 0 Å². The number of carbonyl (C=O) groups is 1. The van der Waals surface area contributed by atoms with Gasteiger partial charge >= 0.3 is 18.9 Å². The van der Waals surface area contributed by atoms with Crippen LogP contribution in [-0.4, -0.2) is 24.6 Å². The summed E-state index contributed by atoms with van der Waals surface area (Å²) in [5.74, 6) is 1.43. The van der Waals surface area contributed by atoms with Crippen molar-refractivity contribution < 1.29 is 9.53 Å². The maximum absolute atomic E-state index is 13.2. The Morgan fingerprint density at radius 2 is 1.46 bits per heavy atom. The molecular formula is C22H22LiO2P. The maximum atomic E-state index is 13.2. The van der Waals surface area contributed by atoms with Crippen molar-refractivity contribution in [3.05, 3.63) is 88.5 Å². The van der Waals surface area contributed by atoms with E-state index < -0.39 is 0 Å². The standard InChI is InChI=1S/C22H21O2P.Li.H/c1-14-11-15(2)21(16(3)12-14)22(23)19-13-18(9-10-20(19)25)24-17-7-5-4-6-8-17;;/h4-13H,25H2,1-3H3;;. The van der Waals surface area contributed by atoms with Gasteiger partial charge in [-0.05, 0) is 61.5 Å². The Morgan fingerprint density at radius 1 is 0.846 bits per heavy atom. The molecule has 3 rings (SSSR count). The number of rotatable bonds is 4. The molecule has 0 saturated heterocycles. The molecule has 0 aliphatic carbocycles. The Labute approximate surface area is 169 Å². The average Bonchev–Trinajstić information content (AvgIpc) is 2.56. The Balaban J connectivity index is 0.00000243. The normalized spacial score (nSPS) is 10.2. The van der Waals surface area contributed by atoms with E-state index in [2.05, 4.69) is 9.24 Å². The van der Waals surface area contributed by atoms with Gasteiger partial charge in [-0.2, -0.15) is 0 Å². The van der Waals surface area contributed by atoms with Crippen LogP contribution in [0.5, 0.6) is 11.5 Å². The van der Waals surface area contributed by atoms with Crippen molar-refractivity contribution in [3.63, 3.8) is 0 Å². The Morgan fingerprint density at radius 3 is 2.08 bits per heavy atom. The summed E-state index contributed by atoms with van der Waals surface area (Å²) in [5.41, 5.74) is 4.58. The predicted molar refractivity (Wildman–Crippen MR) is 114 cm³/mol. The summed E-state index contributed by atoms with van der Waals surface area (Å²) < 4.78 is 5.88. The second kappa shape index (κ2) is 8.70. The van der Waals surface area contributed by atoms with Gasteiger partial charge in [0, 0.05) is 11.1 Å². The van der Waals surface area contributed by atoms with Gasteiger partial charge in [0.2, 0.25) is 0 Å². The predicted octanol–water partition coefficient (Wildman–Crippen LogP) is 4.49. The van der Waals surface area contributed by atoms with Gasteiger partial charge in [0.25, 0.3) is 0 Å². The molecule has 0 bridgehead atoms. The number of hydrogen-bond donors (Lipinski definition) is 0. The van der Waals surface area contributed by atoms with Crippen LogP contribution in [0, 0.1) is 20.8 Å². The first kappa shape index (κ1) is 20.5. The number of ketones is 1. The molecule has 4 heteroatoms. The zero-order chi connectivity index (χ0) is 18.0. The molecule has 0 N–H and O–H groups in total. The van der Waals surface area contributed by atoms with Crippen molar-refractivity contribution in [2.75, 3.05) is 0 Å². The monoisotopic (exact) mass is 356 g/mol. The van der Waals surface area contributed by atoms with Crippen molar-refractivity contribution >= 4 is 39.2 Å². The third kappa shape index (κ3) is 4.46. The summed E-state index contributed by atoms with van der Waals surface area (Å²) in [7, 11) is 2.64. The molecule has 0 heterocycles. The van der Waals surface area contributed by atoms with Crippen molar-refractivity contribution in [1.82, 2.24) is 0 Å². The van der Waals surface area contributed by atoms with Gasteiger partial charge in [0.15, 0.2) is 5.78 Å². The van der Waals surface area contributed by atoms with Gasteiger partial charge in [-0.25, -0.2) is 0 Å². The number of aryl methyl sites for hydroxylation is 3. The summed E-state index contributed by atoms with van der Waals surface area (Å²) in [4.78, 5) is 13.2. The first-order valence-electron chi connectivity index (χ1n) is 8.20. The van der Waals surface area contributed by atoms with E-state index in [0.717, 1.165) is 27.7 Å². The molecule has 0 amide bonds. The van der Waals surface area contributed by atoms with Gasteiger partial charge in [0.05, 0.1) is 0 Å². The Hall–Kier alpha value is -1.84. The van der Waals surface area contributed by atoms with Gasteiger partial charge in [-0.15, -0.1) is 9.24 Å². The van der Waals surface area contributed by atoms with E-state index in [1.807, 2.05) is 81.4 Å². The topological polar surface area (TPSA) is 26.3 Å². The third-order valence-electron chi connectivity index (χ3n) is 4.15. The molecule has 2 nitrogen and oxygen atoms in total. The summed E-state index contributed by atoms with van der Waals surface area (Å²) >= 11 is 0. The molecule has 3 aromatic carbocycles. The molecule has 128 valence electrons. The second-order valence-electron chi connectivity index (χ2n) is 6.27. The van der Waals surface area contributed by atoms with Crippen LogP contribution in [0.3, 0.4) is 0 Å². The molecule has 1 unspecified atom stereocenters. The SMILES string of the molecule is Cc1cc(C)c(C(=O)c2cc(Oc3ccccc3)ccc2P)c(C)c1.[LiH]. The van der Waals surface area contributed by atoms with Gasteiger partial charge in [-0.3, -0.25) is 4.79 Å². The van der Waals surface area contributed by atoms with Crippen LogP contribution < -0.4 is 10.0 Å². The van der Waals surface area contributed by atoms with E-state index in [9.17, 15) is 4.79 Å². The van der Waals surface area contributed by atoms with Crippen LogP contribution in [0.4, 0.5) is 0 Å².